The van der Waals surface area contributed by atoms with Gasteiger partial charge < -0.3 is 9.45 Å². The maximum absolute atomic E-state index is 11.7. The zero-order valence-corrected chi connectivity index (χ0v) is 14.0. The van der Waals surface area contributed by atoms with Crippen LogP contribution >= 0.6 is 0 Å². The van der Waals surface area contributed by atoms with E-state index in [0.717, 1.165) is 30.5 Å². The molecule has 5 heteroatoms. The Morgan fingerprint density at radius 3 is 2.00 bits per heavy atom. The van der Waals surface area contributed by atoms with Crippen molar-refractivity contribution in [2.75, 3.05) is 13.6 Å². The summed E-state index contributed by atoms with van der Waals surface area (Å²) in [5.41, 5.74) is 1.16. The third kappa shape index (κ3) is 3.10. The Bertz CT molecular complexity index is 624. The first-order valence-corrected chi connectivity index (χ1v) is 8.90. The van der Waals surface area contributed by atoms with Crippen molar-refractivity contribution >= 4 is 11.3 Å². The molecule has 23 heavy (non-hydrogen) atoms. The van der Waals surface area contributed by atoms with Crippen LogP contribution in [0.4, 0.5) is 0 Å². The van der Waals surface area contributed by atoms with Crippen molar-refractivity contribution in [3.05, 3.63) is 71.8 Å². The summed E-state index contributed by atoms with van der Waals surface area (Å²) >= 11 is -2.37. The van der Waals surface area contributed by atoms with E-state index >= 15 is 0 Å². The molecule has 0 bridgehead atoms. The zero-order valence-electron chi connectivity index (χ0n) is 13.1. The smallest absolute Gasteiger partial charge is 0.0950 e. The van der Waals surface area contributed by atoms with Gasteiger partial charge in [0.15, 0.2) is 0 Å². The summed E-state index contributed by atoms with van der Waals surface area (Å²) in [6.07, 6.45) is 2.01. The monoisotopic (exact) mass is 329 g/mol. The second kappa shape index (κ2) is 6.93. The zero-order chi connectivity index (χ0) is 16.3. The molecule has 0 aliphatic carbocycles. The first-order valence-electron chi connectivity index (χ1n) is 7.83. The van der Waals surface area contributed by atoms with Gasteiger partial charge in [0.25, 0.3) is 0 Å². The van der Waals surface area contributed by atoms with Crippen molar-refractivity contribution in [1.29, 1.82) is 0 Å². The van der Waals surface area contributed by atoms with E-state index in [0.29, 0.717) is 0 Å². The molecule has 0 spiro atoms. The van der Waals surface area contributed by atoms with Crippen molar-refractivity contribution in [3.8, 4) is 0 Å². The van der Waals surface area contributed by atoms with E-state index in [1.807, 2.05) is 60.7 Å². The van der Waals surface area contributed by atoms with Crippen LogP contribution in [0.25, 0.3) is 0 Å². The van der Waals surface area contributed by atoms with Gasteiger partial charge in [0.2, 0.25) is 0 Å². The number of hydrogen-bond acceptors (Lipinski definition) is 3. The Hall–Kier alpha value is -1.53. The highest BCUT2D eigenvalue weighted by atomic mass is 32.2. The SMILES string of the molecule is CN1CCCC1C(NS(=O)[O-])(c1ccccc1)c1ccccc1. The quantitative estimate of drug-likeness (QED) is 0.857. The van der Waals surface area contributed by atoms with Crippen LogP contribution in [-0.2, 0) is 16.8 Å². The summed E-state index contributed by atoms with van der Waals surface area (Å²) in [5, 5.41) is 0. The lowest BCUT2D eigenvalue weighted by Gasteiger charge is -2.44. The fraction of sp³-hybridized carbons (Fsp3) is 0.333. The molecule has 0 aromatic heterocycles. The van der Waals surface area contributed by atoms with Crippen LogP contribution in [0, 0.1) is 0 Å². The summed E-state index contributed by atoms with van der Waals surface area (Å²) < 4.78 is 26.3. The lowest BCUT2D eigenvalue weighted by Crippen LogP contribution is -2.56. The Morgan fingerprint density at radius 1 is 1.09 bits per heavy atom. The van der Waals surface area contributed by atoms with Crippen molar-refractivity contribution in [2.24, 2.45) is 0 Å². The second-order valence-corrected chi connectivity index (χ2v) is 6.69. The van der Waals surface area contributed by atoms with Gasteiger partial charge in [-0.15, -0.1) is 0 Å². The summed E-state index contributed by atoms with van der Waals surface area (Å²) in [4.78, 5) is 2.25. The highest BCUT2D eigenvalue weighted by Gasteiger charge is 2.45. The van der Waals surface area contributed by atoms with E-state index in [4.69, 9.17) is 0 Å². The maximum atomic E-state index is 11.7. The van der Waals surface area contributed by atoms with E-state index < -0.39 is 16.8 Å². The van der Waals surface area contributed by atoms with Gasteiger partial charge in [-0.2, -0.15) is 0 Å². The predicted molar refractivity (Wildman–Crippen MR) is 91.4 cm³/mol. The molecule has 0 amide bonds. The molecule has 122 valence electrons. The largest absolute Gasteiger partial charge is 0.760 e. The molecule has 4 nitrogen and oxygen atoms in total. The van der Waals surface area contributed by atoms with E-state index in [2.05, 4.69) is 16.7 Å². The third-order valence-corrected chi connectivity index (χ3v) is 5.21. The molecule has 1 heterocycles. The number of likely N-dealkylation sites (tertiary alicyclic amines) is 1. The van der Waals surface area contributed by atoms with Gasteiger partial charge in [0, 0.05) is 17.3 Å². The predicted octanol–water partition coefficient (Wildman–Crippen LogP) is 2.41. The van der Waals surface area contributed by atoms with Gasteiger partial charge in [-0.1, -0.05) is 60.7 Å². The summed E-state index contributed by atoms with van der Waals surface area (Å²) in [5.74, 6) is 0. The molecule has 0 radical (unpaired) electrons. The first kappa shape index (κ1) is 16.3. The topological polar surface area (TPSA) is 55.4 Å². The van der Waals surface area contributed by atoms with Gasteiger partial charge in [-0.25, -0.2) is 4.72 Å². The lowest BCUT2D eigenvalue weighted by atomic mass is 9.76. The molecule has 2 aromatic rings. The van der Waals surface area contributed by atoms with Crippen LogP contribution in [0.3, 0.4) is 0 Å². The van der Waals surface area contributed by atoms with Crippen LogP contribution in [-0.4, -0.2) is 33.3 Å². The fourth-order valence-corrected chi connectivity index (χ4v) is 4.36. The minimum absolute atomic E-state index is 0.0743. The molecule has 1 aliphatic heterocycles. The van der Waals surface area contributed by atoms with E-state index in [-0.39, 0.29) is 6.04 Å². The fourth-order valence-electron chi connectivity index (χ4n) is 3.73. The molecule has 1 fully saturated rings. The van der Waals surface area contributed by atoms with Crippen molar-refractivity contribution in [2.45, 2.75) is 24.4 Å². The maximum Gasteiger partial charge on any atom is 0.0950 e. The van der Waals surface area contributed by atoms with Crippen LogP contribution in [0.2, 0.25) is 0 Å². The highest BCUT2D eigenvalue weighted by molar-refractivity contribution is 7.77. The molecule has 2 atom stereocenters. The van der Waals surface area contributed by atoms with Crippen molar-refractivity contribution < 1.29 is 8.76 Å². The minimum Gasteiger partial charge on any atom is -0.760 e. The van der Waals surface area contributed by atoms with Gasteiger partial charge in [-0.3, -0.25) is 4.21 Å². The minimum atomic E-state index is -2.37. The van der Waals surface area contributed by atoms with Gasteiger partial charge in [-0.05, 0) is 37.6 Å². The van der Waals surface area contributed by atoms with Gasteiger partial charge >= 0.3 is 0 Å². The molecular formula is C18H21N2O2S-. The number of hydrogen-bond donors (Lipinski definition) is 1. The number of nitrogens with zero attached hydrogens (tertiary/aromatic N) is 1. The van der Waals surface area contributed by atoms with Gasteiger partial charge in [0.1, 0.15) is 0 Å². The molecule has 1 N–H and O–H groups in total. The molecule has 2 unspecified atom stereocenters. The van der Waals surface area contributed by atoms with Crippen LogP contribution in [0.5, 0.6) is 0 Å². The molecule has 2 aromatic carbocycles. The third-order valence-electron chi connectivity index (χ3n) is 4.72. The first-order chi connectivity index (χ1) is 11.1. The number of nitrogens with one attached hydrogen (secondary N) is 1. The molecule has 1 saturated heterocycles. The average molecular weight is 329 g/mol. The van der Waals surface area contributed by atoms with Crippen LogP contribution in [0.1, 0.15) is 24.0 Å². The Morgan fingerprint density at radius 2 is 1.61 bits per heavy atom. The molecule has 1 aliphatic rings. The Balaban J connectivity index is 2.23. The lowest BCUT2D eigenvalue weighted by molar-refractivity contribution is 0.206. The standard InChI is InChI=1S/C18H22N2O2S/c1-20-14-8-13-17(20)18(19-23(21)22,15-9-4-2-5-10-15)16-11-6-3-7-12-16/h2-7,9-12,17,19H,8,13-14H2,1H3,(H,21,22)/p-1. The average Bonchev–Trinajstić information content (AvgIpc) is 3.00. The Labute approximate surface area is 139 Å². The molecular weight excluding hydrogens is 308 g/mol. The van der Waals surface area contributed by atoms with E-state index in [1.165, 1.54) is 0 Å². The Kier molecular flexibility index (Phi) is 4.92. The number of likely N-dealkylation sites (N-methyl/N-ethyl adjacent to an activating group) is 1. The van der Waals surface area contributed by atoms with Crippen molar-refractivity contribution in [1.82, 2.24) is 9.62 Å². The van der Waals surface area contributed by atoms with Gasteiger partial charge in [0.05, 0.1) is 5.54 Å². The van der Waals surface area contributed by atoms with Crippen LogP contribution < -0.4 is 4.72 Å². The van der Waals surface area contributed by atoms with Crippen molar-refractivity contribution in [3.63, 3.8) is 0 Å². The number of rotatable bonds is 5. The summed E-state index contributed by atoms with van der Waals surface area (Å²) in [7, 11) is 2.06. The van der Waals surface area contributed by atoms with E-state index in [1.54, 1.807) is 0 Å². The van der Waals surface area contributed by atoms with Crippen LogP contribution in [0.15, 0.2) is 60.7 Å². The molecule has 0 saturated carbocycles. The second-order valence-electron chi connectivity index (χ2n) is 6.02. The summed E-state index contributed by atoms with van der Waals surface area (Å²) in [6, 6.07) is 19.8. The van der Waals surface area contributed by atoms with E-state index in [9.17, 15) is 8.76 Å². The highest BCUT2D eigenvalue weighted by Crippen LogP contribution is 2.39. The number of benzene rings is 2. The summed E-state index contributed by atoms with van der Waals surface area (Å²) in [6.45, 7) is 0.971. The normalized spacial score (nSPS) is 20.5. The molecule has 3 rings (SSSR count).